The Morgan fingerprint density at radius 3 is 2.55 bits per heavy atom. The maximum atomic E-state index is 4.41. The van der Waals surface area contributed by atoms with Gasteiger partial charge in [-0.3, -0.25) is 4.98 Å². The molecule has 0 saturated heterocycles. The molecule has 0 aromatic carbocycles. The van der Waals surface area contributed by atoms with E-state index in [0.29, 0.717) is 0 Å². The maximum absolute atomic E-state index is 4.41. The van der Waals surface area contributed by atoms with Gasteiger partial charge in [-0.15, -0.1) is 0 Å². The quantitative estimate of drug-likeness (QED) is 0.509. The topological polar surface area (TPSA) is 12.9 Å². The molecule has 0 radical (unpaired) electrons. The first-order chi connectivity index (χ1) is 5.26. The Labute approximate surface area is 102 Å². The van der Waals surface area contributed by atoms with E-state index in [0.717, 1.165) is 21.1 Å². The van der Waals surface area contributed by atoms with Crippen molar-refractivity contribution in [2.75, 3.05) is 0 Å². The number of aromatic nitrogens is 1. The van der Waals surface area contributed by atoms with Gasteiger partial charge in [-0.05, 0) is 34.7 Å². The van der Waals surface area contributed by atoms with Gasteiger partial charge in [0.15, 0.2) is 0 Å². The van der Waals surface area contributed by atoms with Crippen molar-refractivity contribution in [3.63, 3.8) is 0 Å². The van der Waals surface area contributed by atoms with Gasteiger partial charge in [0, 0.05) is 13.3 Å². The molecule has 0 amide bonds. The summed E-state index contributed by atoms with van der Waals surface area (Å²) in [5.41, 5.74) is 2.27. The monoisotopic (exact) mass is 437 g/mol. The molecule has 1 aromatic rings. The molecule has 0 aliphatic rings. The molecule has 0 aliphatic heterocycles. The van der Waals surface area contributed by atoms with E-state index in [-0.39, 0.29) is 0 Å². The summed E-state index contributed by atoms with van der Waals surface area (Å²) in [7, 11) is 0. The largest absolute Gasteiger partial charge is 0.256 e. The van der Waals surface area contributed by atoms with Gasteiger partial charge in [0.1, 0.15) is 0 Å². The van der Waals surface area contributed by atoms with Crippen LogP contribution in [0.4, 0.5) is 0 Å². The van der Waals surface area contributed by atoms with Crippen molar-refractivity contribution in [3.05, 3.63) is 27.1 Å². The molecule has 11 heavy (non-hydrogen) atoms. The Bertz CT molecular complexity index is 230. The van der Waals surface area contributed by atoms with Crippen molar-refractivity contribution >= 4 is 61.1 Å². The molecule has 0 saturated carbocycles. The standard InChI is InChI=1S/C7H6BrI2N/c8-3-6-1-5(10)2-7(4-9)11-6/h1-2H,3-4H2. The van der Waals surface area contributed by atoms with E-state index in [1.54, 1.807) is 0 Å². The van der Waals surface area contributed by atoms with Gasteiger partial charge in [-0.2, -0.15) is 0 Å². The van der Waals surface area contributed by atoms with E-state index >= 15 is 0 Å². The van der Waals surface area contributed by atoms with E-state index < -0.39 is 0 Å². The average molecular weight is 438 g/mol. The first-order valence-electron chi connectivity index (χ1n) is 3.03. The normalized spacial score (nSPS) is 10.1. The van der Waals surface area contributed by atoms with E-state index in [4.69, 9.17) is 0 Å². The Kier molecular flexibility index (Phi) is 4.59. The minimum Gasteiger partial charge on any atom is -0.256 e. The van der Waals surface area contributed by atoms with Gasteiger partial charge < -0.3 is 0 Å². The number of nitrogens with zero attached hydrogens (tertiary/aromatic N) is 1. The molecule has 4 heteroatoms. The van der Waals surface area contributed by atoms with Crippen LogP contribution in [0.2, 0.25) is 0 Å². The first kappa shape index (κ1) is 10.2. The van der Waals surface area contributed by atoms with Gasteiger partial charge in [-0.1, -0.05) is 38.5 Å². The zero-order chi connectivity index (χ0) is 8.27. The third-order valence-electron chi connectivity index (χ3n) is 1.17. The number of hydrogen-bond acceptors (Lipinski definition) is 1. The van der Waals surface area contributed by atoms with Gasteiger partial charge in [0.25, 0.3) is 0 Å². The Morgan fingerprint density at radius 1 is 1.36 bits per heavy atom. The third-order valence-corrected chi connectivity index (χ3v) is 3.15. The van der Waals surface area contributed by atoms with Crippen LogP contribution in [-0.4, -0.2) is 4.98 Å². The summed E-state index contributed by atoms with van der Waals surface area (Å²) in [6.07, 6.45) is 0. The van der Waals surface area contributed by atoms with Crippen LogP contribution in [0.1, 0.15) is 11.4 Å². The molecule has 1 heterocycles. The van der Waals surface area contributed by atoms with Gasteiger partial charge in [0.05, 0.1) is 11.4 Å². The molecular weight excluding hydrogens is 432 g/mol. The highest BCUT2D eigenvalue weighted by atomic mass is 127. The zero-order valence-corrected chi connectivity index (χ0v) is 11.6. The van der Waals surface area contributed by atoms with E-state index in [9.17, 15) is 0 Å². The van der Waals surface area contributed by atoms with Crippen LogP contribution in [0.3, 0.4) is 0 Å². The molecule has 0 bridgehead atoms. The molecule has 0 fully saturated rings. The first-order valence-corrected chi connectivity index (χ1v) is 6.76. The lowest BCUT2D eigenvalue weighted by atomic mass is 10.3. The fourth-order valence-electron chi connectivity index (χ4n) is 0.746. The van der Waals surface area contributed by atoms with Crippen LogP contribution < -0.4 is 0 Å². The maximum Gasteiger partial charge on any atom is 0.0523 e. The lowest BCUT2D eigenvalue weighted by Crippen LogP contribution is -1.91. The zero-order valence-electron chi connectivity index (χ0n) is 5.65. The van der Waals surface area contributed by atoms with Crippen LogP contribution in [0.5, 0.6) is 0 Å². The summed E-state index contributed by atoms with van der Waals surface area (Å²) >= 11 is 8.02. The molecular formula is C7H6BrI2N. The third kappa shape index (κ3) is 3.14. The predicted octanol–water partition coefficient (Wildman–Crippen LogP) is 3.52. The summed E-state index contributed by atoms with van der Waals surface area (Å²) in [6.45, 7) is 0. The van der Waals surface area contributed by atoms with Crippen molar-refractivity contribution in [2.45, 2.75) is 9.76 Å². The highest BCUT2D eigenvalue weighted by molar-refractivity contribution is 14.1. The number of alkyl halides is 2. The minimum atomic E-state index is 0.841. The van der Waals surface area contributed by atoms with Gasteiger partial charge in [-0.25, -0.2) is 0 Å². The summed E-state index contributed by atoms with van der Waals surface area (Å²) in [4.78, 5) is 4.41. The van der Waals surface area contributed by atoms with E-state index in [1.807, 2.05) is 0 Å². The van der Waals surface area contributed by atoms with Crippen LogP contribution in [0.15, 0.2) is 12.1 Å². The number of hydrogen-bond donors (Lipinski definition) is 0. The van der Waals surface area contributed by atoms with Gasteiger partial charge in [0.2, 0.25) is 0 Å². The fraction of sp³-hybridized carbons (Fsp3) is 0.286. The average Bonchev–Trinajstić information content (AvgIpc) is 2.03. The lowest BCUT2D eigenvalue weighted by molar-refractivity contribution is 1.10. The van der Waals surface area contributed by atoms with Crippen LogP contribution in [0, 0.1) is 3.57 Å². The Hall–Kier alpha value is 1.09. The van der Waals surface area contributed by atoms with Crippen molar-refractivity contribution < 1.29 is 0 Å². The summed E-state index contributed by atoms with van der Waals surface area (Å²) in [5.74, 6) is 0. The second-order valence-electron chi connectivity index (χ2n) is 2.04. The summed E-state index contributed by atoms with van der Waals surface area (Å²) < 4.78 is 2.24. The summed E-state index contributed by atoms with van der Waals surface area (Å²) in [5, 5.41) is 0.841. The van der Waals surface area contributed by atoms with Crippen molar-refractivity contribution in [2.24, 2.45) is 0 Å². The fourth-order valence-corrected chi connectivity index (χ4v) is 2.14. The molecule has 0 aliphatic carbocycles. The highest BCUT2D eigenvalue weighted by Gasteiger charge is 1.97. The smallest absolute Gasteiger partial charge is 0.0523 e. The van der Waals surface area contributed by atoms with Crippen LogP contribution in [-0.2, 0) is 9.76 Å². The van der Waals surface area contributed by atoms with Crippen molar-refractivity contribution in [1.82, 2.24) is 4.98 Å². The molecule has 1 nitrogen and oxygen atoms in total. The van der Waals surface area contributed by atoms with Gasteiger partial charge >= 0.3 is 0 Å². The molecule has 1 aromatic heterocycles. The van der Waals surface area contributed by atoms with E-state index in [1.165, 1.54) is 3.57 Å². The molecule has 0 N–H and O–H groups in total. The van der Waals surface area contributed by atoms with Crippen LogP contribution >= 0.6 is 61.1 Å². The van der Waals surface area contributed by atoms with Crippen molar-refractivity contribution in [3.8, 4) is 0 Å². The predicted molar refractivity (Wildman–Crippen MR) is 67.3 cm³/mol. The molecule has 0 spiro atoms. The Balaban J connectivity index is 3.02. The second kappa shape index (κ2) is 4.96. The Morgan fingerprint density at radius 2 is 2.00 bits per heavy atom. The van der Waals surface area contributed by atoms with Crippen LogP contribution in [0.25, 0.3) is 0 Å². The summed E-state index contributed by atoms with van der Waals surface area (Å²) in [6, 6.07) is 4.20. The lowest BCUT2D eigenvalue weighted by Gasteiger charge is -1.99. The second-order valence-corrected chi connectivity index (χ2v) is 4.60. The molecule has 0 atom stereocenters. The molecule has 1 rings (SSSR count). The number of pyridine rings is 1. The molecule has 0 unspecified atom stereocenters. The SMILES string of the molecule is BrCc1cc(I)cc(CI)n1. The number of halogens is 3. The number of rotatable bonds is 2. The molecule has 60 valence electrons. The minimum absolute atomic E-state index is 0.841. The highest BCUT2D eigenvalue weighted by Crippen LogP contribution is 2.13. The van der Waals surface area contributed by atoms with Crippen molar-refractivity contribution in [1.29, 1.82) is 0 Å². The van der Waals surface area contributed by atoms with E-state index in [2.05, 4.69) is 78.2 Å².